The van der Waals surface area contributed by atoms with Crippen LogP contribution in [0.4, 0.5) is 10.2 Å². The number of likely N-dealkylation sites (tertiary alicyclic amines) is 1. The molecule has 0 spiro atoms. The van der Waals surface area contributed by atoms with E-state index in [0.29, 0.717) is 49.1 Å². The first-order chi connectivity index (χ1) is 15.3. The lowest BCUT2D eigenvalue weighted by atomic mass is 10.0. The third kappa shape index (κ3) is 4.52. The van der Waals surface area contributed by atoms with Gasteiger partial charge in [0.2, 0.25) is 11.8 Å². The number of aryl methyl sites for hydroxylation is 1. The van der Waals surface area contributed by atoms with Gasteiger partial charge < -0.3 is 4.90 Å². The number of halogens is 1. The van der Waals surface area contributed by atoms with Crippen LogP contribution in [0.15, 0.2) is 24.3 Å². The number of carbonyl (C=O) groups is 2. The predicted octanol–water partition coefficient (Wildman–Crippen LogP) is 4.16. The highest BCUT2D eigenvalue weighted by Crippen LogP contribution is 2.35. The van der Waals surface area contributed by atoms with Gasteiger partial charge >= 0.3 is 0 Å². The second kappa shape index (κ2) is 9.35. The van der Waals surface area contributed by atoms with Gasteiger partial charge in [0.1, 0.15) is 11.6 Å². The molecular formula is C25H31FN4O2. The van der Waals surface area contributed by atoms with Gasteiger partial charge in [-0.2, -0.15) is 0 Å². The molecule has 0 bridgehead atoms. The number of anilines is 1. The summed E-state index contributed by atoms with van der Waals surface area (Å²) in [7, 11) is 0. The van der Waals surface area contributed by atoms with Crippen molar-refractivity contribution in [2.75, 3.05) is 18.0 Å². The third-order valence-corrected chi connectivity index (χ3v) is 6.46. The summed E-state index contributed by atoms with van der Waals surface area (Å²) < 4.78 is 14.1. The Balaban J connectivity index is 1.61. The number of hydrogen-bond donors (Lipinski definition) is 0. The molecular weight excluding hydrogens is 407 g/mol. The summed E-state index contributed by atoms with van der Waals surface area (Å²) in [5, 5.41) is 0. The Bertz CT molecular complexity index is 1020. The topological polar surface area (TPSA) is 66.4 Å². The first kappa shape index (κ1) is 22.4. The van der Waals surface area contributed by atoms with Gasteiger partial charge in [-0.15, -0.1) is 0 Å². The number of aromatic nitrogens is 2. The zero-order chi connectivity index (χ0) is 22.8. The molecule has 4 rings (SSSR count). The van der Waals surface area contributed by atoms with E-state index >= 15 is 0 Å². The minimum atomic E-state index is -0.364. The monoisotopic (exact) mass is 438 g/mol. The Morgan fingerprint density at radius 2 is 2.00 bits per heavy atom. The Labute approximate surface area is 188 Å². The first-order valence-electron chi connectivity index (χ1n) is 11.6. The van der Waals surface area contributed by atoms with Crippen LogP contribution in [0.3, 0.4) is 0 Å². The van der Waals surface area contributed by atoms with Gasteiger partial charge in [0.25, 0.3) is 0 Å². The van der Waals surface area contributed by atoms with E-state index < -0.39 is 0 Å². The summed E-state index contributed by atoms with van der Waals surface area (Å²) in [5.41, 5.74) is 2.30. The van der Waals surface area contributed by atoms with Crippen LogP contribution >= 0.6 is 0 Å². The number of carbonyl (C=O) groups excluding carboxylic acids is 2. The van der Waals surface area contributed by atoms with Crippen LogP contribution in [-0.4, -0.2) is 39.8 Å². The number of benzene rings is 1. The summed E-state index contributed by atoms with van der Waals surface area (Å²) in [6, 6.07) is 6.14. The van der Waals surface area contributed by atoms with E-state index in [1.807, 2.05) is 6.92 Å². The molecule has 1 aromatic heterocycles. The minimum absolute atomic E-state index is 0.0199. The molecule has 3 heterocycles. The first-order valence-corrected chi connectivity index (χ1v) is 11.6. The summed E-state index contributed by atoms with van der Waals surface area (Å²) >= 11 is 0. The van der Waals surface area contributed by atoms with Crippen molar-refractivity contribution < 1.29 is 14.0 Å². The fraction of sp³-hybridized carbons (Fsp3) is 0.520. The van der Waals surface area contributed by atoms with Gasteiger partial charge in [0, 0.05) is 30.8 Å². The van der Waals surface area contributed by atoms with Crippen LogP contribution in [0, 0.1) is 18.7 Å². The lowest BCUT2D eigenvalue weighted by Gasteiger charge is -2.31. The molecule has 170 valence electrons. The highest BCUT2D eigenvalue weighted by Gasteiger charge is 2.35. The highest BCUT2D eigenvalue weighted by atomic mass is 19.1. The van der Waals surface area contributed by atoms with Crippen molar-refractivity contribution in [3.8, 4) is 0 Å². The van der Waals surface area contributed by atoms with E-state index in [9.17, 15) is 14.0 Å². The van der Waals surface area contributed by atoms with Crippen molar-refractivity contribution in [1.82, 2.24) is 14.9 Å². The summed E-state index contributed by atoms with van der Waals surface area (Å²) in [6.45, 7) is 7.49. The fourth-order valence-corrected chi connectivity index (χ4v) is 4.61. The molecule has 1 atom stereocenters. The molecule has 1 aromatic carbocycles. The Morgan fingerprint density at radius 3 is 2.75 bits per heavy atom. The lowest BCUT2D eigenvalue weighted by molar-refractivity contribution is -0.131. The van der Waals surface area contributed by atoms with Gasteiger partial charge in [-0.3, -0.25) is 14.5 Å². The molecule has 0 radical (unpaired) electrons. The van der Waals surface area contributed by atoms with Gasteiger partial charge in [0.05, 0.1) is 12.5 Å². The molecule has 7 heteroatoms. The van der Waals surface area contributed by atoms with E-state index in [1.165, 1.54) is 6.07 Å². The normalized spacial score (nSPS) is 18.4. The van der Waals surface area contributed by atoms with E-state index in [0.717, 1.165) is 30.5 Å². The average molecular weight is 439 g/mol. The molecule has 2 aliphatic rings. The van der Waals surface area contributed by atoms with Crippen molar-refractivity contribution in [3.05, 3.63) is 52.7 Å². The van der Waals surface area contributed by atoms with Gasteiger partial charge in [-0.05, 0) is 50.2 Å². The second-order valence-corrected chi connectivity index (χ2v) is 9.21. The van der Waals surface area contributed by atoms with Crippen LogP contribution < -0.4 is 4.90 Å². The van der Waals surface area contributed by atoms with Gasteiger partial charge in [-0.1, -0.05) is 32.0 Å². The smallest absolute Gasteiger partial charge is 0.228 e. The number of fused-ring (bicyclic) bond motifs is 1. The lowest BCUT2D eigenvalue weighted by Crippen LogP contribution is -2.39. The number of hydrogen-bond acceptors (Lipinski definition) is 4. The minimum Gasteiger partial charge on any atom is -0.332 e. The maximum Gasteiger partial charge on any atom is 0.228 e. The molecule has 2 aliphatic heterocycles. The standard InChI is InChI=1S/C25H31FN4O2/c1-16(2)12-14-30-22(31)11-10-19-17(3)27-24(28-25(19)30)21-9-6-13-29(21)23(32)15-18-7-4-5-8-20(18)26/h4-5,7-8,16,21H,6,9-15H2,1-3H3/t21-/m1/s1. The molecule has 6 nitrogen and oxygen atoms in total. The summed E-state index contributed by atoms with van der Waals surface area (Å²) in [6.07, 6.45) is 3.67. The predicted molar refractivity (Wildman–Crippen MR) is 121 cm³/mol. The molecule has 0 unspecified atom stereocenters. The Morgan fingerprint density at radius 1 is 1.22 bits per heavy atom. The molecule has 0 saturated carbocycles. The molecule has 1 saturated heterocycles. The molecule has 2 aromatic rings. The van der Waals surface area contributed by atoms with Crippen LogP contribution in [0.2, 0.25) is 0 Å². The molecule has 1 fully saturated rings. The molecule has 32 heavy (non-hydrogen) atoms. The summed E-state index contributed by atoms with van der Waals surface area (Å²) in [5.74, 6) is 1.39. The van der Waals surface area contributed by atoms with E-state index in [-0.39, 0.29) is 30.1 Å². The average Bonchev–Trinajstić information content (AvgIpc) is 3.24. The SMILES string of the molecule is Cc1nc([C@H]2CCCN2C(=O)Cc2ccccc2F)nc2c1CCC(=O)N2CCC(C)C. The second-order valence-electron chi connectivity index (χ2n) is 9.21. The van der Waals surface area contributed by atoms with Crippen molar-refractivity contribution in [2.45, 2.75) is 65.3 Å². The molecule has 0 N–H and O–H groups in total. The molecule has 0 aliphatic carbocycles. The van der Waals surface area contributed by atoms with Crippen LogP contribution in [0.5, 0.6) is 0 Å². The molecule has 2 amide bonds. The zero-order valence-corrected chi connectivity index (χ0v) is 19.1. The van der Waals surface area contributed by atoms with E-state index in [1.54, 1.807) is 28.0 Å². The van der Waals surface area contributed by atoms with Gasteiger partial charge in [-0.25, -0.2) is 14.4 Å². The number of nitrogens with zero attached hydrogens (tertiary/aromatic N) is 4. The largest absolute Gasteiger partial charge is 0.332 e. The van der Waals surface area contributed by atoms with Crippen LogP contribution in [0.1, 0.15) is 68.2 Å². The van der Waals surface area contributed by atoms with Crippen molar-refractivity contribution in [1.29, 1.82) is 0 Å². The number of rotatable bonds is 6. The van der Waals surface area contributed by atoms with Crippen LogP contribution in [0.25, 0.3) is 0 Å². The Kier molecular flexibility index (Phi) is 6.53. The zero-order valence-electron chi connectivity index (χ0n) is 19.1. The van der Waals surface area contributed by atoms with Crippen molar-refractivity contribution in [2.24, 2.45) is 5.92 Å². The summed E-state index contributed by atoms with van der Waals surface area (Å²) in [4.78, 5) is 38.9. The van der Waals surface area contributed by atoms with Crippen molar-refractivity contribution >= 4 is 17.6 Å². The maximum absolute atomic E-state index is 14.1. The van der Waals surface area contributed by atoms with Crippen molar-refractivity contribution in [3.63, 3.8) is 0 Å². The van der Waals surface area contributed by atoms with Gasteiger partial charge in [0.15, 0.2) is 5.82 Å². The quantitative estimate of drug-likeness (QED) is 0.679. The number of amides is 2. The van der Waals surface area contributed by atoms with Crippen LogP contribution in [-0.2, 0) is 22.4 Å². The Hall–Kier alpha value is -2.83. The fourth-order valence-electron chi connectivity index (χ4n) is 4.61. The van der Waals surface area contributed by atoms with E-state index in [2.05, 4.69) is 13.8 Å². The third-order valence-electron chi connectivity index (χ3n) is 6.46. The van der Waals surface area contributed by atoms with E-state index in [4.69, 9.17) is 9.97 Å². The maximum atomic E-state index is 14.1. The highest BCUT2D eigenvalue weighted by molar-refractivity contribution is 5.95.